The van der Waals surface area contributed by atoms with Crippen LogP contribution in [0.25, 0.3) is 5.52 Å². The minimum absolute atomic E-state index is 0.0478. The Morgan fingerprint density at radius 2 is 1.52 bits per heavy atom. The molecule has 3 N–H and O–H groups in total. The molecule has 1 fully saturated rings. The Balaban J connectivity index is 1.73. The summed E-state index contributed by atoms with van der Waals surface area (Å²) in [5.41, 5.74) is 3.30. The van der Waals surface area contributed by atoms with Crippen LogP contribution < -0.4 is 10.8 Å². The molecule has 0 radical (unpaired) electrons. The highest BCUT2D eigenvalue weighted by atomic mass is 31.2. The van der Waals surface area contributed by atoms with E-state index in [1.807, 2.05) is 0 Å². The number of carbonyl (C=O) groups is 4. The van der Waals surface area contributed by atoms with Crippen molar-refractivity contribution < 1.29 is 56.5 Å². The van der Waals surface area contributed by atoms with Crippen molar-refractivity contribution in [3.05, 3.63) is 48.5 Å². The molecule has 3 rings (SSSR count). The number of aromatic nitrogens is 3. The van der Waals surface area contributed by atoms with Gasteiger partial charge in [0.25, 0.3) is 0 Å². The molecule has 0 aliphatic carbocycles. The van der Waals surface area contributed by atoms with Gasteiger partial charge in [-0.2, -0.15) is 10.4 Å². The molecule has 0 spiro atoms. The van der Waals surface area contributed by atoms with Crippen molar-refractivity contribution in [2.45, 2.75) is 169 Å². The molecule has 0 amide bonds. The topological polar surface area (TPSA) is 242 Å². The Labute approximate surface area is 390 Å². The van der Waals surface area contributed by atoms with Crippen LogP contribution in [0, 0.1) is 28.6 Å². The van der Waals surface area contributed by atoms with Crippen LogP contribution in [0.1, 0.15) is 145 Å². The fraction of sp³-hybridized carbons (Fsp3) is 0.681. The lowest BCUT2D eigenvalue weighted by Gasteiger charge is -2.29. The van der Waals surface area contributed by atoms with Crippen LogP contribution in [0.15, 0.2) is 42.8 Å². The van der Waals surface area contributed by atoms with Crippen molar-refractivity contribution in [2.75, 3.05) is 25.7 Å². The number of ether oxygens (including phenoxy) is 5. The van der Waals surface area contributed by atoms with Crippen LogP contribution >= 0.6 is 7.75 Å². The first-order valence-electron chi connectivity index (χ1n) is 23.2. The molecule has 0 bridgehead atoms. The molecule has 1 unspecified atom stereocenters. The van der Waals surface area contributed by atoms with E-state index in [0.717, 1.165) is 57.7 Å². The fourth-order valence-corrected chi connectivity index (χ4v) is 8.00. The van der Waals surface area contributed by atoms with Crippen LogP contribution in [0.4, 0.5) is 5.82 Å². The molecule has 6 atom stereocenters. The van der Waals surface area contributed by atoms with Gasteiger partial charge in [0.2, 0.25) is 12.4 Å². The quantitative estimate of drug-likeness (QED) is 0.0194. The molecule has 19 heteroatoms. The molecule has 368 valence electrons. The summed E-state index contributed by atoms with van der Waals surface area (Å²) in [5, 5.41) is 17.7. The average Bonchev–Trinajstić information content (AvgIpc) is 3.83. The summed E-state index contributed by atoms with van der Waals surface area (Å²) >= 11 is 0. The molecule has 1 aliphatic heterocycles. The maximum Gasteiger partial charge on any atom is 0.409 e. The van der Waals surface area contributed by atoms with Gasteiger partial charge in [-0.05, 0) is 78.4 Å². The molecular weight excluding hydrogens is 872 g/mol. The summed E-state index contributed by atoms with van der Waals surface area (Å²) in [5.74, 6) is -4.19. The first-order chi connectivity index (χ1) is 31.3. The summed E-state index contributed by atoms with van der Waals surface area (Å²) < 4.78 is 56.1. The largest absolute Gasteiger partial charge is 0.465 e. The molecular formula is C47H73N6O12P. The van der Waals surface area contributed by atoms with Crippen LogP contribution in [0.3, 0.4) is 0 Å². The third-order valence-electron chi connectivity index (χ3n) is 10.6. The third-order valence-corrected chi connectivity index (χ3v) is 12.2. The molecule has 2 aromatic rings. The van der Waals surface area contributed by atoms with E-state index in [1.54, 1.807) is 48.5 Å². The van der Waals surface area contributed by atoms with Gasteiger partial charge in [-0.15, -0.1) is 0 Å². The second kappa shape index (κ2) is 27.2. The average molecular weight is 945 g/mol. The number of allylic oxidation sites excluding steroid dienone is 4. The number of hydrogen-bond donors (Lipinski definition) is 2. The Kier molecular flexibility index (Phi) is 23.0. The van der Waals surface area contributed by atoms with Crippen molar-refractivity contribution in [1.29, 1.82) is 5.26 Å². The van der Waals surface area contributed by atoms with Gasteiger partial charge in [-0.3, -0.25) is 28.2 Å². The second-order valence-corrected chi connectivity index (χ2v) is 19.8. The number of nitrogens with one attached hydrogen (secondary N) is 1. The van der Waals surface area contributed by atoms with Crippen LogP contribution in [0.2, 0.25) is 0 Å². The summed E-state index contributed by atoms with van der Waals surface area (Å²) in [6, 6.07) is 3.86. The highest BCUT2D eigenvalue weighted by Crippen LogP contribution is 2.48. The lowest BCUT2D eigenvalue weighted by molar-refractivity contribution is -0.173. The number of anilines is 1. The lowest BCUT2D eigenvalue weighted by atomic mass is 9.92. The Bertz CT molecular complexity index is 2020. The van der Waals surface area contributed by atoms with E-state index in [-0.39, 0.29) is 18.1 Å². The first kappa shape index (κ1) is 55.7. The highest BCUT2D eigenvalue weighted by Gasteiger charge is 2.63. The zero-order valence-corrected chi connectivity index (χ0v) is 41.2. The molecule has 0 saturated carbocycles. The monoisotopic (exact) mass is 945 g/mol. The maximum atomic E-state index is 14.5. The number of fused-ring (bicyclic) bond motifs is 1. The van der Waals surface area contributed by atoms with Crippen molar-refractivity contribution in [2.24, 2.45) is 17.3 Å². The summed E-state index contributed by atoms with van der Waals surface area (Å²) in [6.07, 6.45) is 18.2. The SMILES string of the molecule is CCCCC/C=C\C/C=C\CCCCCCCCOC(=O)[C@H](C)NP(=O)(OCOC(=O)C(C)(C)C)OC[C@H]1O[C@@](C#N)(c2ccc3c(N)ncnn23)[C@H](OC(=O)C(C)C)[C@@H]1OC(=O)C(C)C. The molecule has 66 heavy (non-hydrogen) atoms. The number of esters is 4. The van der Waals surface area contributed by atoms with Crippen molar-refractivity contribution in [1.82, 2.24) is 19.7 Å². The molecule has 18 nitrogen and oxygen atoms in total. The van der Waals surface area contributed by atoms with Gasteiger partial charge >= 0.3 is 31.6 Å². The molecule has 2 aromatic heterocycles. The van der Waals surface area contributed by atoms with Crippen LogP contribution in [-0.2, 0) is 62.1 Å². The fourth-order valence-electron chi connectivity index (χ4n) is 6.66. The predicted octanol–water partition coefficient (Wildman–Crippen LogP) is 8.59. The van der Waals surface area contributed by atoms with Crippen LogP contribution in [0.5, 0.6) is 0 Å². The zero-order valence-electron chi connectivity index (χ0n) is 40.3. The van der Waals surface area contributed by atoms with E-state index in [9.17, 15) is 29.0 Å². The zero-order chi connectivity index (χ0) is 48.9. The summed E-state index contributed by atoms with van der Waals surface area (Å²) in [4.78, 5) is 56.3. The molecule has 3 heterocycles. The van der Waals surface area contributed by atoms with Gasteiger partial charge in [0, 0.05) is 0 Å². The number of hydrogen-bond acceptors (Lipinski definition) is 16. The molecule has 0 aromatic carbocycles. The summed E-state index contributed by atoms with van der Waals surface area (Å²) in [7, 11) is -4.66. The summed E-state index contributed by atoms with van der Waals surface area (Å²) in [6.45, 7) is 13.3. The number of nitriles is 1. The third kappa shape index (κ3) is 16.9. The van der Waals surface area contributed by atoms with Crippen molar-refractivity contribution in [3.8, 4) is 6.07 Å². The van der Waals surface area contributed by atoms with E-state index in [2.05, 4.69) is 52.5 Å². The number of carbonyl (C=O) groups excluding carboxylic acids is 4. The first-order valence-corrected chi connectivity index (χ1v) is 24.7. The number of nitrogens with two attached hydrogens (primary N) is 1. The van der Waals surface area contributed by atoms with E-state index < -0.39 is 92.2 Å². The lowest BCUT2D eigenvalue weighted by Crippen LogP contribution is -2.47. The van der Waals surface area contributed by atoms with Gasteiger partial charge in [-0.25, -0.2) is 19.2 Å². The standard InChI is InChI=1S/C47H73N6O12P/c1-10-11-12-13-14-15-16-17-18-19-20-21-22-23-24-25-28-59-44(56)35(6)52-66(58,62-32-60-45(57)46(7,8)9)61-29-37-39(63-42(54)33(2)3)40(64-43(55)34(4)5)47(30-48,65-37)38-27-26-36-41(49)50-31-51-53(36)38/h14-15,17-18,26-27,31,33-35,37,39-40H,10-13,16,19-25,28-29,32H2,1-9H3,(H,52,58)(H2,49,50,51)/b15-14-,18-17-/t35-,37+,39+,40+,47-,66?/m0/s1. The van der Waals surface area contributed by atoms with Crippen LogP contribution in [-0.4, -0.2) is 82.8 Å². The number of nitrogens with zero attached hydrogens (tertiary/aromatic N) is 4. The van der Waals surface area contributed by atoms with E-state index in [4.69, 9.17) is 38.5 Å². The Hall–Kier alpha value is -4.66. The van der Waals surface area contributed by atoms with E-state index >= 15 is 0 Å². The number of rotatable bonds is 29. The van der Waals surface area contributed by atoms with Gasteiger partial charge in [0.05, 0.1) is 36.2 Å². The van der Waals surface area contributed by atoms with Gasteiger partial charge in [-0.1, -0.05) is 97.4 Å². The minimum atomic E-state index is -4.66. The highest BCUT2D eigenvalue weighted by molar-refractivity contribution is 7.51. The van der Waals surface area contributed by atoms with Crippen molar-refractivity contribution in [3.63, 3.8) is 0 Å². The van der Waals surface area contributed by atoms with Gasteiger partial charge < -0.3 is 29.4 Å². The number of nitrogen functional groups attached to an aromatic ring is 1. The van der Waals surface area contributed by atoms with Gasteiger partial charge in [0.1, 0.15) is 30.1 Å². The molecule has 1 saturated heterocycles. The molecule has 1 aliphatic rings. The van der Waals surface area contributed by atoms with Gasteiger partial charge in [0.15, 0.2) is 18.0 Å². The van der Waals surface area contributed by atoms with Crippen molar-refractivity contribution >= 4 is 43.0 Å². The van der Waals surface area contributed by atoms with E-state index in [1.165, 1.54) is 42.8 Å². The normalized spacial score (nSPS) is 20.2. The minimum Gasteiger partial charge on any atom is -0.465 e. The van der Waals surface area contributed by atoms with E-state index in [0.29, 0.717) is 11.9 Å². The second-order valence-electron chi connectivity index (χ2n) is 18.1. The Morgan fingerprint density at radius 3 is 2.14 bits per heavy atom. The smallest absolute Gasteiger partial charge is 0.409 e. The Morgan fingerprint density at radius 1 is 0.894 bits per heavy atom. The predicted molar refractivity (Wildman–Crippen MR) is 247 cm³/mol. The maximum absolute atomic E-state index is 14.5. The number of unbranched alkanes of at least 4 members (excludes halogenated alkanes) is 9.